The number of carbonyl (C=O) groups excluding carboxylic acids is 1. The first-order chi connectivity index (χ1) is 6.20. The van der Waals surface area contributed by atoms with Crippen molar-refractivity contribution in [2.75, 3.05) is 18.1 Å². The molecule has 4 heteroatoms. The van der Waals surface area contributed by atoms with Crippen molar-refractivity contribution in [2.45, 2.75) is 6.10 Å². The Bertz CT molecular complexity index is 180. The molecule has 0 aliphatic carbocycles. The maximum Gasteiger partial charge on any atom is 0.330 e. The van der Waals surface area contributed by atoms with Crippen LogP contribution >= 0.6 is 11.8 Å². The highest BCUT2D eigenvalue weighted by Crippen LogP contribution is 2.03. The highest BCUT2D eigenvalue weighted by Gasteiger charge is 2.05. The van der Waals surface area contributed by atoms with Crippen LogP contribution in [0.5, 0.6) is 0 Å². The lowest BCUT2D eigenvalue weighted by Crippen LogP contribution is -2.20. The molecule has 0 spiro atoms. The maximum absolute atomic E-state index is 10.6. The summed E-state index contributed by atoms with van der Waals surface area (Å²) in [4.78, 5) is 10.6. The number of hydrogen-bond acceptors (Lipinski definition) is 4. The summed E-state index contributed by atoms with van der Waals surface area (Å²) in [5.74, 6) is 0.816. The summed E-state index contributed by atoms with van der Waals surface area (Å²) in [7, 11) is 0. The summed E-state index contributed by atoms with van der Waals surface area (Å²) in [5.41, 5.74) is 0. The van der Waals surface area contributed by atoms with Gasteiger partial charge in [0.15, 0.2) is 0 Å². The fourth-order valence-corrected chi connectivity index (χ4v) is 1.24. The minimum absolute atomic E-state index is 0.0228. The molecule has 13 heavy (non-hydrogen) atoms. The Balaban J connectivity index is 3.39. The average Bonchev–Trinajstić information content (AvgIpc) is 2.14. The van der Waals surface area contributed by atoms with Crippen LogP contribution in [0.25, 0.3) is 0 Å². The fraction of sp³-hybridized carbons (Fsp3) is 0.444. The molecule has 0 aliphatic rings. The first-order valence-electron chi connectivity index (χ1n) is 3.86. The van der Waals surface area contributed by atoms with Gasteiger partial charge in [0, 0.05) is 17.6 Å². The van der Waals surface area contributed by atoms with Crippen LogP contribution in [0.15, 0.2) is 25.3 Å². The van der Waals surface area contributed by atoms with E-state index in [0.29, 0.717) is 5.75 Å². The number of aliphatic hydroxyl groups is 1. The van der Waals surface area contributed by atoms with E-state index in [2.05, 4.69) is 17.9 Å². The lowest BCUT2D eigenvalue weighted by atomic mass is 10.4. The van der Waals surface area contributed by atoms with Crippen LogP contribution in [-0.2, 0) is 9.53 Å². The van der Waals surface area contributed by atoms with Gasteiger partial charge in [-0.3, -0.25) is 0 Å². The Kier molecular flexibility index (Phi) is 7.44. The Morgan fingerprint density at radius 1 is 1.62 bits per heavy atom. The molecule has 0 heterocycles. The van der Waals surface area contributed by atoms with E-state index in [0.717, 1.165) is 11.8 Å². The SMILES string of the molecule is C=CCSCC(O)COC(=O)C=C. The van der Waals surface area contributed by atoms with Crippen LogP contribution in [-0.4, -0.2) is 35.3 Å². The lowest BCUT2D eigenvalue weighted by Gasteiger charge is -2.08. The van der Waals surface area contributed by atoms with Crippen LogP contribution in [0.3, 0.4) is 0 Å². The van der Waals surface area contributed by atoms with Crippen molar-refractivity contribution in [3.05, 3.63) is 25.3 Å². The van der Waals surface area contributed by atoms with E-state index in [9.17, 15) is 9.90 Å². The summed E-state index contributed by atoms with van der Waals surface area (Å²) in [5, 5.41) is 9.25. The van der Waals surface area contributed by atoms with E-state index in [1.54, 1.807) is 6.08 Å². The van der Waals surface area contributed by atoms with Gasteiger partial charge in [0.25, 0.3) is 0 Å². The van der Waals surface area contributed by atoms with Crippen LogP contribution in [0, 0.1) is 0 Å². The quantitative estimate of drug-likeness (QED) is 0.289. The van der Waals surface area contributed by atoms with Gasteiger partial charge < -0.3 is 9.84 Å². The largest absolute Gasteiger partial charge is 0.460 e. The number of thioether (sulfide) groups is 1. The normalized spacial score (nSPS) is 11.8. The van der Waals surface area contributed by atoms with E-state index >= 15 is 0 Å². The monoisotopic (exact) mass is 202 g/mol. The van der Waals surface area contributed by atoms with E-state index in [-0.39, 0.29) is 6.61 Å². The Morgan fingerprint density at radius 3 is 2.85 bits per heavy atom. The van der Waals surface area contributed by atoms with Crippen molar-refractivity contribution in [1.82, 2.24) is 0 Å². The van der Waals surface area contributed by atoms with Crippen molar-refractivity contribution in [1.29, 1.82) is 0 Å². The second-order valence-electron chi connectivity index (χ2n) is 2.31. The first kappa shape index (κ1) is 12.3. The molecule has 0 radical (unpaired) electrons. The molecule has 74 valence electrons. The predicted molar refractivity (Wildman–Crippen MR) is 54.7 cm³/mol. The maximum atomic E-state index is 10.6. The van der Waals surface area contributed by atoms with Gasteiger partial charge in [0.1, 0.15) is 6.61 Å². The van der Waals surface area contributed by atoms with Crippen molar-refractivity contribution < 1.29 is 14.6 Å². The Morgan fingerprint density at radius 2 is 2.31 bits per heavy atom. The third-order valence-electron chi connectivity index (χ3n) is 1.13. The molecule has 0 saturated heterocycles. The Hall–Kier alpha value is -0.740. The van der Waals surface area contributed by atoms with Crippen LogP contribution < -0.4 is 0 Å². The number of esters is 1. The number of carbonyl (C=O) groups is 1. The van der Waals surface area contributed by atoms with Gasteiger partial charge in [-0.25, -0.2) is 4.79 Å². The Labute approximate surface area is 82.5 Å². The van der Waals surface area contributed by atoms with Gasteiger partial charge in [-0.1, -0.05) is 12.7 Å². The number of ether oxygens (including phenoxy) is 1. The van der Waals surface area contributed by atoms with Gasteiger partial charge in [0.05, 0.1) is 6.10 Å². The van der Waals surface area contributed by atoms with E-state index < -0.39 is 12.1 Å². The first-order valence-corrected chi connectivity index (χ1v) is 5.02. The van der Waals surface area contributed by atoms with E-state index in [1.165, 1.54) is 11.8 Å². The molecule has 0 amide bonds. The second-order valence-corrected chi connectivity index (χ2v) is 3.39. The molecule has 0 aliphatic heterocycles. The zero-order valence-corrected chi connectivity index (χ0v) is 8.26. The third-order valence-corrected chi connectivity index (χ3v) is 2.22. The van der Waals surface area contributed by atoms with E-state index in [4.69, 9.17) is 0 Å². The second kappa shape index (κ2) is 7.89. The molecular formula is C9H14O3S. The van der Waals surface area contributed by atoms with Gasteiger partial charge in [-0.15, -0.1) is 6.58 Å². The van der Waals surface area contributed by atoms with Crippen molar-refractivity contribution in [3.8, 4) is 0 Å². The van der Waals surface area contributed by atoms with Gasteiger partial charge in [0.2, 0.25) is 0 Å². The van der Waals surface area contributed by atoms with Crippen LogP contribution in [0.1, 0.15) is 0 Å². The zero-order chi connectivity index (χ0) is 10.1. The van der Waals surface area contributed by atoms with Crippen molar-refractivity contribution in [3.63, 3.8) is 0 Å². The molecule has 0 bridgehead atoms. The van der Waals surface area contributed by atoms with Gasteiger partial charge in [-0.2, -0.15) is 11.8 Å². The molecule has 3 nitrogen and oxygen atoms in total. The molecule has 1 unspecified atom stereocenters. The number of rotatable bonds is 7. The molecule has 1 N–H and O–H groups in total. The number of aliphatic hydroxyl groups excluding tert-OH is 1. The lowest BCUT2D eigenvalue weighted by molar-refractivity contribution is -0.140. The van der Waals surface area contributed by atoms with Crippen LogP contribution in [0.2, 0.25) is 0 Å². The molecule has 0 aromatic carbocycles. The van der Waals surface area contributed by atoms with Gasteiger partial charge in [-0.05, 0) is 0 Å². The third kappa shape index (κ3) is 7.62. The van der Waals surface area contributed by atoms with Gasteiger partial charge >= 0.3 is 5.97 Å². The summed E-state index contributed by atoms with van der Waals surface area (Å²) >= 11 is 1.54. The number of hydrogen-bond donors (Lipinski definition) is 1. The smallest absolute Gasteiger partial charge is 0.330 e. The summed E-state index contributed by atoms with van der Waals surface area (Å²) in [6, 6.07) is 0. The topological polar surface area (TPSA) is 46.5 Å². The van der Waals surface area contributed by atoms with Crippen molar-refractivity contribution in [2.24, 2.45) is 0 Å². The molecule has 0 fully saturated rings. The minimum Gasteiger partial charge on any atom is -0.460 e. The highest BCUT2D eigenvalue weighted by atomic mass is 32.2. The molecule has 0 rings (SSSR count). The standard InChI is InChI=1S/C9H14O3S/c1-3-5-13-7-8(10)6-12-9(11)4-2/h3-4,8,10H,1-2,5-7H2. The van der Waals surface area contributed by atoms with E-state index in [1.807, 2.05) is 0 Å². The van der Waals surface area contributed by atoms with Crippen molar-refractivity contribution >= 4 is 17.7 Å². The molecule has 0 aromatic heterocycles. The average molecular weight is 202 g/mol. The zero-order valence-electron chi connectivity index (χ0n) is 7.44. The summed E-state index contributed by atoms with van der Waals surface area (Å²) in [6.07, 6.45) is 2.21. The highest BCUT2D eigenvalue weighted by molar-refractivity contribution is 7.99. The predicted octanol–water partition coefficient (Wildman–Crippen LogP) is 0.996. The summed E-state index contributed by atoms with van der Waals surface area (Å²) < 4.78 is 4.64. The van der Waals surface area contributed by atoms with Crippen LogP contribution in [0.4, 0.5) is 0 Å². The molecular weight excluding hydrogens is 188 g/mol. The fourth-order valence-electron chi connectivity index (χ4n) is 0.573. The molecule has 0 saturated carbocycles. The summed E-state index contributed by atoms with van der Waals surface area (Å²) in [6.45, 7) is 6.81. The molecule has 0 aromatic rings. The minimum atomic E-state index is -0.617. The molecule has 1 atom stereocenters.